The lowest BCUT2D eigenvalue weighted by Crippen LogP contribution is -2.48. The normalized spacial score (nSPS) is 11.8. The molecule has 4 nitrogen and oxygen atoms in total. The van der Waals surface area contributed by atoms with Crippen LogP contribution in [0.4, 0.5) is 4.39 Å². The Labute approximate surface area is 174 Å². The van der Waals surface area contributed by atoms with E-state index in [-0.39, 0.29) is 29.5 Å². The van der Waals surface area contributed by atoms with Crippen molar-refractivity contribution in [1.29, 1.82) is 0 Å². The Morgan fingerprint density at radius 1 is 1.18 bits per heavy atom. The van der Waals surface area contributed by atoms with Crippen molar-refractivity contribution in [2.75, 3.05) is 6.54 Å². The maximum absolute atomic E-state index is 14.1. The second-order valence-corrected chi connectivity index (χ2v) is 7.34. The summed E-state index contributed by atoms with van der Waals surface area (Å²) >= 11 is 12.1. The third-order valence-electron chi connectivity index (χ3n) is 4.35. The van der Waals surface area contributed by atoms with Crippen LogP contribution in [0.25, 0.3) is 0 Å². The van der Waals surface area contributed by atoms with E-state index in [1.165, 1.54) is 23.1 Å². The number of carbonyl (C=O) groups excluding carboxylic acids is 2. The van der Waals surface area contributed by atoms with Crippen molar-refractivity contribution >= 4 is 35.0 Å². The van der Waals surface area contributed by atoms with Crippen molar-refractivity contribution in [3.05, 3.63) is 69.5 Å². The van der Waals surface area contributed by atoms with Crippen molar-refractivity contribution in [3.8, 4) is 0 Å². The van der Waals surface area contributed by atoms with Crippen molar-refractivity contribution in [2.24, 2.45) is 0 Å². The van der Waals surface area contributed by atoms with Gasteiger partial charge < -0.3 is 10.2 Å². The van der Waals surface area contributed by atoms with Gasteiger partial charge in [-0.15, -0.1) is 0 Å². The highest BCUT2D eigenvalue weighted by molar-refractivity contribution is 6.31. The lowest BCUT2D eigenvalue weighted by molar-refractivity contribution is -0.140. The summed E-state index contributed by atoms with van der Waals surface area (Å²) in [5, 5.41) is 3.50. The molecule has 0 aliphatic heterocycles. The molecule has 0 spiro atoms. The first-order chi connectivity index (χ1) is 13.3. The molecule has 28 heavy (non-hydrogen) atoms. The Hall–Kier alpha value is -2.11. The quantitative estimate of drug-likeness (QED) is 0.671. The van der Waals surface area contributed by atoms with Gasteiger partial charge in [-0.25, -0.2) is 4.39 Å². The Kier molecular flexibility index (Phi) is 8.27. The van der Waals surface area contributed by atoms with Gasteiger partial charge in [0.15, 0.2) is 0 Å². The summed E-state index contributed by atoms with van der Waals surface area (Å²) in [6, 6.07) is 10.6. The number of hydrogen-bond donors (Lipinski definition) is 1. The molecule has 7 heteroatoms. The first-order valence-electron chi connectivity index (χ1n) is 9.08. The van der Waals surface area contributed by atoms with E-state index in [0.29, 0.717) is 11.6 Å². The number of halogens is 3. The van der Waals surface area contributed by atoms with Gasteiger partial charge in [-0.1, -0.05) is 48.3 Å². The van der Waals surface area contributed by atoms with Crippen LogP contribution in [0.15, 0.2) is 42.5 Å². The predicted molar refractivity (Wildman–Crippen MR) is 110 cm³/mol. The molecule has 0 aliphatic carbocycles. The Balaban J connectivity index is 2.28. The third-order valence-corrected chi connectivity index (χ3v) is 4.94. The minimum absolute atomic E-state index is 0.117. The Bertz CT molecular complexity index is 825. The zero-order chi connectivity index (χ0) is 20.7. The summed E-state index contributed by atoms with van der Waals surface area (Å²) < 4.78 is 14.1. The molecule has 2 rings (SSSR count). The fourth-order valence-electron chi connectivity index (χ4n) is 2.76. The first-order valence-corrected chi connectivity index (χ1v) is 9.83. The molecular weight excluding hydrogens is 402 g/mol. The van der Waals surface area contributed by atoms with E-state index in [1.54, 1.807) is 25.1 Å². The van der Waals surface area contributed by atoms with E-state index >= 15 is 0 Å². The van der Waals surface area contributed by atoms with Gasteiger partial charge in [-0.05, 0) is 43.2 Å². The molecule has 1 N–H and O–H groups in total. The fourth-order valence-corrected chi connectivity index (χ4v) is 3.21. The Morgan fingerprint density at radius 2 is 1.89 bits per heavy atom. The predicted octanol–water partition coefficient (Wildman–Crippen LogP) is 4.62. The molecule has 0 heterocycles. The molecule has 1 atom stereocenters. The SMILES string of the molecule is CCCNC(=O)[C@@H](C)N(Cc1cccc(Cl)c1)C(=O)Cc1c(F)cccc1Cl. The standard InChI is InChI=1S/C21H23Cl2FN2O2/c1-3-10-25-21(28)14(2)26(13-15-6-4-7-16(22)11-15)20(27)12-17-18(23)8-5-9-19(17)24/h4-9,11,14H,3,10,12-13H2,1-2H3,(H,25,28)/t14-/m1/s1. The number of rotatable bonds is 8. The molecule has 0 fully saturated rings. The fraction of sp³-hybridized carbons (Fsp3) is 0.333. The second-order valence-electron chi connectivity index (χ2n) is 6.50. The summed E-state index contributed by atoms with van der Waals surface area (Å²) in [6.07, 6.45) is 0.545. The van der Waals surface area contributed by atoms with Crippen LogP contribution in [0.2, 0.25) is 10.0 Å². The van der Waals surface area contributed by atoms with Gasteiger partial charge in [0.05, 0.1) is 6.42 Å². The van der Waals surface area contributed by atoms with Gasteiger partial charge >= 0.3 is 0 Å². The van der Waals surface area contributed by atoms with E-state index < -0.39 is 17.8 Å². The molecule has 2 aromatic rings. The van der Waals surface area contributed by atoms with Crippen LogP contribution in [0.5, 0.6) is 0 Å². The van der Waals surface area contributed by atoms with Crippen molar-refractivity contribution in [1.82, 2.24) is 10.2 Å². The van der Waals surface area contributed by atoms with E-state index in [1.807, 2.05) is 13.0 Å². The number of amides is 2. The zero-order valence-corrected chi connectivity index (χ0v) is 17.4. The van der Waals surface area contributed by atoms with E-state index in [0.717, 1.165) is 12.0 Å². The van der Waals surface area contributed by atoms with Gasteiger partial charge in [-0.3, -0.25) is 9.59 Å². The van der Waals surface area contributed by atoms with Crippen LogP contribution in [0.1, 0.15) is 31.4 Å². The average molecular weight is 425 g/mol. The molecule has 0 aromatic heterocycles. The van der Waals surface area contributed by atoms with E-state index in [9.17, 15) is 14.0 Å². The highest BCUT2D eigenvalue weighted by atomic mass is 35.5. The first kappa shape index (κ1) is 22.2. The smallest absolute Gasteiger partial charge is 0.242 e. The second kappa shape index (κ2) is 10.4. The number of carbonyl (C=O) groups is 2. The number of nitrogens with one attached hydrogen (secondary N) is 1. The summed E-state index contributed by atoms with van der Waals surface area (Å²) in [4.78, 5) is 26.9. The molecule has 0 unspecified atom stereocenters. The van der Waals surface area contributed by atoms with Gasteiger partial charge in [-0.2, -0.15) is 0 Å². The maximum atomic E-state index is 14.1. The van der Waals surface area contributed by atoms with Crippen LogP contribution >= 0.6 is 23.2 Å². The molecule has 0 bridgehead atoms. The van der Waals surface area contributed by atoms with Crippen LogP contribution < -0.4 is 5.32 Å². The summed E-state index contributed by atoms with van der Waals surface area (Å²) in [7, 11) is 0. The van der Waals surface area contributed by atoms with Crippen molar-refractivity contribution in [3.63, 3.8) is 0 Å². The average Bonchev–Trinajstić information content (AvgIpc) is 2.66. The van der Waals surface area contributed by atoms with Crippen LogP contribution in [-0.2, 0) is 22.6 Å². The molecule has 0 saturated heterocycles. The van der Waals surface area contributed by atoms with Gasteiger partial charge in [0.2, 0.25) is 11.8 Å². The summed E-state index contributed by atoms with van der Waals surface area (Å²) in [5.74, 6) is -1.21. The minimum atomic E-state index is -0.733. The Morgan fingerprint density at radius 3 is 2.54 bits per heavy atom. The molecule has 0 aliphatic rings. The number of hydrogen-bond acceptors (Lipinski definition) is 2. The van der Waals surface area contributed by atoms with Crippen LogP contribution in [0, 0.1) is 5.82 Å². The lowest BCUT2D eigenvalue weighted by Gasteiger charge is -2.29. The monoisotopic (exact) mass is 424 g/mol. The topological polar surface area (TPSA) is 49.4 Å². The molecule has 0 saturated carbocycles. The molecule has 2 amide bonds. The molecular formula is C21H23Cl2FN2O2. The highest BCUT2D eigenvalue weighted by Crippen LogP contribution is 2.22. The molecule has 150 valence electrons. The van der Waals surface area contributed by atoms with Gasteiger partial charge in [0, 0.05) is 28.7 Å². The van der Waals surface area contributed by atoms with Gasteiger partial charge in [0.25, 0.3) is 0 Å². The lowest BCUT2D eigenvalue weighted by atomic mass is 10.1. The molecule has 2 aromatic carbocycles. The number of nitrogens with zero attached hydrogens (tertiary/aromatic N) is 1. The van der Waals surface area contributed by atoms with Crippen LogP contribution in [0.3, 0.4) is 0 Å². The minimum Gasteiger partial charge on any atom is -0.354 e. The highest BCUT2D eigenvalue weighted by Gasteiger charge is 2.27. The third kappa shape index (κ3) is 5.94. The summed E-state index contributed by atoms with van der Waals surface area (Å²) in [5.41, 5.74) is 0.891. The molecule has 0 radical (unpaired) electrons. The van der Waals surface area contributed by atoms with Crippen molar-refractivity contribution < 1.29 is 14.0 Å². The zero-order valence-electron chi connectivity index (χ0n) is 15.8. The van der Waals surface area contributed by atoms with Gasteiger partial charge in [0.1, 0.15) is 11.9 Å². The number of benzene rings is 2. The van der Waals surface area contributed by atoms with E-state index in [4.69, 9.17) is 23.2 Å². The van der Waals surface area contributed by atoms with Crippen LogP contribution in [-0.4, -0.2) is 29.3 Å². The van der Waals surface area contributed by atoms with Crippen molar-refractivity contribution in [2.45, 2.75) is 39.3 Å². The van der Waals surface area contributed by atoms with E-state index in [2.05, 4.69) is 5.32 Å². The summed E-state index contributed by atoms with van der Waals surface area (Å²) in [6.45, 7) is 4.28. The largest absolute Gasteiger partial charge is 0.354 e. The maximum Gasteiger partial charge on any atom is 0.242 e.